The van der Waals surface area contributed by atoms with Gasteiger partial charge in [-0.1, -0.05) is 60.7 Å². The Morgan fingerprint density at radius 3 is 2.00 bits per heavy atom. The highest BCUT2D eigenvalue weighted by Gasteiger charge is 2.21. The van der Waals surface area contributed by atoms with Crippen molar-refractivity contribution in [2.75, 3.05) is 0 Å². The van der Waals surface area contributed by atoms with Crippen LogP contribution in [0.15, 0.2) is 136 Å². The van der Waals surface area contributed by atoms with Gasteiger partial charge in [0.1, 0.15) is 22.3 Å². The Labute approximate surface area is 238 Å². The molecule has 0 fully saturated rings. The quantitative estimate of drug-likeness (QED) is 0.220. The second-order valence-electron chi connectivity index (χ2n) is 10.8. The fourth-order valence-electron chi connectivity index (χ4n) is 6.67. The molecule has 0 saturated heterocycles. The molecule has 4 aromatic heterocycles. The van der Waals surface area contributed by atoms with E-state index >= 15 is 0 Å². The first-order valence-electron chi connectivity index (χ1n) is 14.1. The van der Waals surface area contributed by atoms with Crippen molar-refractivity contribution in [1.82, 2.24) is 14.0 Å². The molecule has 4 heterocycles. The number of hydrogen-bond donors (Lipinski definition) is 0. The van der Waals surface area contributed by atoms with Crippen molar-refractivity contribution in [1.29, 1.82) is 0 Å². The zero-order valence-electron chi connectivity index (χ0n) is 22.3. The molecule has 0 bridgehead atoms. The van der Waals surface area contributed by atoms with E-state index in [2.05, 4.69) is 112 Å². The summed E-state index contributed by atoms with van der Waals surface area (Å²) < 4.78 is 17.0. The summed E-state index contributed by atoms with van der Waals surface area (Å²) in [7, 11) is 0. The van der Waals surface area contributed by atoms with Crippen molar-refractivity contribution in [3.63, 3.8) is 0 Å². The minimum atomic E-state index is 0.850. The molecular formula is C37H21N3O2. The molecular weight excluding hydrogens is 518 g/mol. The van der Waals surface area contributed by atoms with Crippen LogP contribution in [0.2, 0.25) is 0 Å². The van der Waals surface area contributed by atoms with Crippen LogP contribution >= 0.6 is 0 Å². The molecule has 0 aliphatic carbocycles. The summed E-state index contributed by atoms with van der Waals surface area (Å²) in [5.74, 6) is 0.882. The molecule has 0 aliphatic heterocycles. The third kappa shape index (κ3) is 2.84. The summed E-state index contributed by atoms with van der Waals surface area (Å²) in [6.45, 7) is 0. The topological polar surface area (TPSA) is 48.5 Å². The van der Waals surface area contributed by atoms with Gasteiger partial charge in [0, 0.05) is 16.2 Å². The number of hydrogen-bond acceptors (Lipinski definition) is 3. The molecule has 10 aromatic rings. The van der Waals surface area contributed by atoms with Gasteiger partial charge in [-0.25, -0.2) is 4.98 Å². The molecule has 0 amide bonds. The molecule has 0 unspecified atom stereocenters. The van der Waals surface area contributed by atoms with Crippen LogP contribution < -0.4 is 0 Å². The first-order valence-corrected chi connectivity index (χ1v) is 14.1. The molecule has 0 radical (unpaired) electrons. The summed E-state index contributed by atoms with van der Waals surface area (Å²) in [6, 6.07) is 44.2. The fraction of sp³-hybridized carbons (Fsp3) is 0. The molecule has 5 heteroatoms. The number of aromatic nitrogens is 3. The Bertz CT molecular complexity index is 2700. The number of furan rings is 2. The van der Waals surface area contributed by atoms with Crippen molar-refractivity contribution in [3.05, 3.63) is 127 Å². The Balaban J connectivity index is 1.26. The van der Waals surface area contributed by atoms with Gasteiger partial charge >= 0.3 is 0 Å². The lowest BCUT2D eigenvalue weighted by Gasteiger charge is -2.08. The van der Waals surface area contributed by atoms with Gasteiger partial charge in [-0.15, -0.1) is 0 Å². The summed E-state index contributed by atoms with van der Waals surface area (Å²) in [6.07, 6.45) is 0. The highest BCUT2D eigenvalue weighted by atomic mass is 16.3. The maximum Gasteiger partial charge on any atom is 0.220 e. The van der Waals surface area contributed by atoms with E-state index in [1.54, 1.807) is 0 Å². The van der Waals surface area contributed by atoms with Crippen molar-refractivity contribution in [3.8, 4) is 16.8 Å². The van der Waals surface area contributed by atoms with Crippen LogP contribution in [0.1, 0.15) is 0 Å². The number of nitrogens with zero attached hydrogens (tertiary/aromatic N) is 3. The minimum absolute atomic E-state index is 0.850. The van der Waals surface area contributed by atoms with Gasteiger partial charge in [-0.3, -0.25) is 8.97 Å². The third-order valence-corrected chi connectivity index (χ3v) is 8.53. The van der Waals surface area contributed by atoms with Crippen LogP contribution in [-0.2, 0) is 0 Å². The van der Waals surface area contributed by atoms with Crippen LogP contribution in [-0.4, -0.2) is 14.0 Å². The van der Waals surface area contributed by atoms with E-state index in [0.717, 1.165) is 88.5 Å². The lowest BCUT2D eigenvalue weighted by atomic mass is 10.0. The van der Waals surface area contributed by atoms with Gasteiger partial charge in [0.05, 0.1) is 33.1 Å². The van der Waals surface area contributed by atoms with E-state index in [-0.39, 0.29) is 0 Å². The molecule has 0 N–H and O–H groups in total. The van der Waals surface area contributed by atoms with Gasteiger partial charge in [0.15, 0.2) is 0 Å². The number of benzene rings is 6. The fourth-order valence-corrected chi connectivity index (χ4v) is 6.67. The molecule has 10 rings (SSSR count). The average molecular weight is 540 g/mol. The summed E-state index contributed by atoms with van der Waals surface area (Å²) in [5, 5.41) is 4.39. The first kappa shape index (κ1) is 21.9. The zero-order valence-corrected chi connectivity index (χ0v) is 22.3. The van der Waals surface area contributed by atoms with Crippen LogP contribution in [0, 0.1) is 0 Å². The zero-order chi connectivity index (χ0) is 27.4. The van der Waals surface area contributed by atoms with Crippen LogP contribution in [0.3, 0.4) is 0 Å². The van der Waals surface area contributed by atoms with Gasteiger partial charge in [0.25, 0.3) is 0 Å². The molecule has 6 aromatic carbocycles. The van der Waals surface area contributed by atoms with Crippen molar-refractivity contribution in [2.24, 2.45) is 0 Å². The van der Waals surface area contributed by atoms with Gasteiger partial charge < -0.3 is 8.83 Å². The predicted octanol–water partition coefficient (Wildman–Crippen LogP) is 9.90. The number of imidazole rings is 2. The van der Waals surface area contributed by atoms with Crippen LogP contribution in [0.4, 0.5) is 0 Å². The smallest absolute Gasteiger partial charge is 0.220 e. The summed E-state index contributed by atoms with van der Waals surface area (Å²) >= 11 is 0. The third-order valence-electron chi connectivity index (χ3n) is 8.53. The van der Waals surface area contributed by atoms with E-state index < -0.39 is 0 Å². The second kappa shape index (κ2) is 7.89. The van der Waals surface area contributed by atoms with E-state index in [1.165, 1.54) is 0 Å². The summed E-state index contributed by atoms with van der Waals surface area (Å²) in [4.78, 5) is 5.10. The lowest BCUT2D eigenvalue weighted by molar-refractivity contribution is 0.668. The molecule has 0 atom stereocenters. The molecule has 0 spiro atoms. The second-order valence-corrected chi connectivity index (χ2v) is 10.8. The monoisotopic (exact) mass is 539 g/mol. The Morgan fingerprint density at radius 2 is 1.12 bits per heavy atom. The minimum Gasteiger partial charge on any atom is -0.456 e. The molecule has 0 aliphatic rings. The number of rotatable bonds is 2. The van der Waals surface area contributed by atoms with Crippen molar-refractivity contribution < 1.29 is 8.83 Å². The Morgan fingerprint density at radius 1 is 0.476 bits per heavy atom. The van der Waals surface area contributed by atoms with E-state index in [4.69, 9.17) is 13.8 Å². The Kier molecular flexibility index (Phi) is 4.12. The molecule has 196 valence electrons. The number of para-hydroxylation sites is 5. The van der Waals surface area contributed by atoms with E-state index in [9.17, 15) is 0 Å². The van der Waals surface area contributed by atoms with E-state index in [0.29, 0.717) is 0 Å². The first-order chi connectivity index (χ1) is 20.8. The molecule has 0 saturated carbocycles. The highest BCUT2D eigenvalue weighted by molar-refractivity contribution is 6.12. The summed E-state index contributed by atoms with van der Waals surface area (Å²) in [5.41, 5.74) is 11.1. The molecule has 5 nitrogen and oxygen atoms in total. The average Bonchev–Trinajstić information content (AvgIpc) is 3.78. The maximum absolute atomic E-state index is 6.43. The van der Waals surface area contributed by atoms with Gasteiger partial charge in [-0.05, 0) is 77.9 Å². The molecule has 42 heavy (non-hydrogen) atoms. The lowest BCUT2D eigenvalue weighted by Crippen LogP contribution is -1.95. The Hall–Kier alpha value is -5.81. The highest BCUT2D eigenvalue weighted by Crippen LogP contribution is 2.39. The SMILES string of the molecule is c1ccc2c(c1)nc1n(-c3cccc4oc5ccc(-c6ccc7oc8ccccc8c7c6)cc5c34)c3ccccc3n21. The van der Waals surface area contributed by atoms with Crippen LogP contribution in [0.25, 0.3) is 88.5 Å². The van der Waals surface area contributed by atoms with Gasteiger partial charge in [0.2, 0.25) is 5.78 Å². The van der Waals surface area contributed by atoms with Crippen LogP contribution in [0.5, 0.6) is 0 Å². The normalized spacial score (nSPS) is 12.3. The standard InChI is InChI=1S/C37H21N3O2/c1-6-14-32-24(8-1)25-20-22(16-18-33(25)41-32)23-17-19-34-26(21-23)36-31(13-7-15-35(36)42-34)40-30-12-5-4-11-29(30)39-28-10-3-2-9-27(28)38-37(39)40/h1-21H. The van der Waals surface area contributed by atoms with Gasteiger partial charge in [-0.2, -0.15) is 0 Å². The van der Waals surface area contributed by atoms with E-state index in [1.807, 2.05) is 24.3 Å². The predicted molar refractivity (Wildman–Crippen MR) is 170 cm³/mol. The largest absolute Gasteiger partial charge is 0.456 e. The number of fused-ring (bicyclic) bond motifs is 11. The maximum atomic E-state index is 6.43. The van der Waals surface area contributed by atoms with Crippen molar-refractivity contribution >= 4 is 71.7 Å². The van der Waals surface area contributed by atoms with Crippen molar-refractivity contribution in [2.45, 2.75) is 0 Å².